The largest absolute Gasteiger partial charge is 0.484 e. The van der Waals surface area contributed by atoms with Crippen LogP contribution in [0.1, 0.15) is 89.9 Å². The van der Waals surface area contributed by atoms with Gasteiger partial charge in [-0.1, -0.05) is 112 Å². The smallest absolute Gasteiger partial charge is 0.258 e. The first kappa shape index (κ1) is 30.1. The summed E-state index contributed by atoms with van der Waals surface area (Å²) in [6, 6.07) is 0. The molecule has 218 valence electrons. The molecule has 0 heterocycles. The van der Waals surface area contributed by atoms with E-state index in [2.05, 4.69) is 10.6 Å². The molecule has 0 unspecified atom stereocenters. The molecule has 4 fully saturated rings. The zero-order valence-corrected chi connectivity index (χ0v) is 24.1. The normalized spacial score (nSPS) is 32.8. The summed E-state index contributed by atoms with van der Waals surface area (Å²) < 4.78 is 11.9. The van der Waals surface area contributed by atoms with Gasteiger partial charge in [0.1, 0.15) is 5.76 Å². The van der Waals surface area contributed by atoms with Crippen LogP contribution in [-0.2, 0) is 19.1 Å². The van der Waals surface area contributed by atoms with Crippen molar-refractivity contribution in [3.63, 3.8) is 0 Å². The van der Waals surface area contributed by atoms with Crippen LogP contribution in [0.2, 0.25) is 0 Å². The maximum atomic E-state index is 12.9. The molecular weight excluding hydrogens is 500 g/mol. The molecule has 0 aromatic carbocycles. The lowest BCUT2D eigenvalue weighted by atomic mass is 9.39. The zero-order chi connectivity index (χ0) is 27.9. The molecule has 2 N–H and O–H groups in total. The first-order chi connectivity index (χ1) is 19.6. The molecule has 5 rings (SSSR count). The highest BCUT2D eigenvalue weighted by Gasteiger charge is 2.72. The maximum absolute atomic E-state index is 12.9. The van der Waals surface area contributed by atoms with Crippen LogP contribution in [0.4, 0.5) is 0 Å². The van der Waals surface area contributed by atoms with Crippen molar-refractivity contribution in [3.8, 4) is 0 Å². The first-order valence-electron chi connectivity index (χ1n) is 15.5. The number of ether oxygens (including phenoxy) is 2. The number of carbonyl (C=O) groups excluding carboxylic acids is 2. The molecule has 0 saturated heterocycles. The Morgan fingerprint density at radius 1 is 0.750 bits per heavy atom. The minimum atomic E-state index is -0.320. The average molecular weight is 549 g/mol. The van der Waals surface area contributed by atoms with Crippen LogP contribution in [0.5, 0.6) is 0 Å². The van der Waals surface area contributed by atoms with Crippen molar-refractivity contribution in [3.05, 3.63) is 72.6 Å². The van der Waals surface area contributed by atoms with Crippen LogP contribution in [0, 0.1) is 5.41 Å². The molecule has 2 amide bonds. The molecule has 6 nitrogen and oxygen atoms in total. The average Bonchev–Trinajstić information content (AvgIpc) is 2.88. The van der Waals surface area contributed by atoms with Crippen LogP contribution < -0.4 is 10.6 Å². The molecule has 5 aliphatic rings. The van der Waals surface area contributed by atoms with Crippen molar-refractivity contribution in [1.29, 1.82) is 0 Å². The summed E-state index contributed by atoms with van der Waals surface area (Å²) in [4.78, 5) is 25.5. The number of allylic oxidation sites excluding steroid dienone is 11. The number of hydrogen-bond acceptors (Lipinski definition) is 4. The zero-order valence-electron chi connectivity index (χ0n) is 24.1. The van der Waals surface area contributed by atoms with Crippen LogP contribution in [0.25, 0.3) is 0 Å². The Kier molecular flexibility index (Phi) is 11.9. The Labute approximate surface area is 240 Å². The fourth-order valence-corrected chi connectivity index (χ4v) is 6.41. The molecule has 40 heavy (non-hydrogen) atoms. The van der Waals surface area contributed by atoms with Crippen molar-refractivity contribution in [2.75, 3.05) is 19.8 Å². The van der Waals surface area contributed by atoms with Gasteiger partial charge >= 0.3 is 0 Å². The van der Waals surface area contributed by atoms with Gasteiger partial charge in [0.25, 0.3) is 5.91 Å². The first-order valence-corrected chi connectivity index (χ1v) is 15.5. The highest BCUT2D eigenvalue weighted by atomic mass is 16.5. The predicted molar refractivity (Wildman–Crippen MR) is 160 cm³/mol. The molecule has 0 aromatic heterocycles. The van der Waals surface area contributed by atoms with E-state index in [1.165, 1.54) is 57.8 Å². The van der Waals surface area contributed by atoms with Gasteiger partial charge in [-0.3, -0.25) is 9.59 Å². The molecule has 2 bridgehead atoms. The van der Waals surface area contributed by atoms with Gasteiger partial charge in [-0.15, -0.1) is 0 Å². The quantitative estimate of drug-likeness (QED) is 0.321. The number of amides is 2. The fourth-order valence-electron chi connectivity index (χ4n) is 6.41. The molecule has 0 spiro atoms. The summed E-state index contributed by atoms with van der Waals surface area (Å²) in [7, 11) is 0. The molecule has 0 aliphatic heterocycles. The lowest BCUT2D eigenvalue weighted by Gasteiger charge is -2.69. The lowest BCUT2D eigenvalue weighted by molar-refractivity contribution is -0.184. The van der Waals surface area contributed by atoms with E-state index in [0.717, 1.165) is 12.8 Å². The van der Waals surface area contributed by atoms with Crippen molar-refractivity contribution in [2.24, 2.45) is 5.41 Å². The molecular formula is C34H48N2O4. The summed E-state index contributed by atoms with van der Waals surface area (Å²) in [6.45, 7) is 1.08. The second kappa shape index (κ2) is 15.8. The van der Waals surface area contributed by atoms with Crippen molar-refractivity contribution < 1.29 is 19.1 Å². The molecule has 6 heteroatoms. The molecule has 0 aromatic rings. The van der Waals surface area contributed by atoms with E-state index < -0.39 is 0 Å². The minimum absolute atomic E-state index is 0.0527. The Morgan fingerprint density at radius 2 is 1.30 bits per heavy atom. The van der Waals surface area contributed by atoms with Gasteiger partial charge in [0.2, 0.25) is 5.91 Å². The van der Waals surface area contributed by atoms with E-state index in [1.807, 2.05) is 66.8 Å². The van der Waals surface area contributed by atoms with Crippen molar-refractivity contribution in [1.82, 2.24) is 10.6 Å². The summed E-state index contributed by atoms with van der Waals surface area (Å²) in [5, 5.41) is 6.21. The molecule has 0 atom stereocenters. The van der Waals surface area contributed by atoms with Gasteiger partial charge in [-0.05, 0) is 44.3 Å². The van der Waals surface area contributed by atoms with E-state index in [-0.39, 0.29) is 29.4 Å². The predicted octanol–water partition coefficient (Wildman–Crippen LogP) is 6.53. The van der Waals surface area contributed by atoms with Gasteiger partial charge < -0.3 is 20.1 Å². The third kappa shape index (κ3) is 9.36. The van der Waals surface area contributed by atoms with Crippen LogP contribution in [-0.4, -0.2) is 43.2 Å². The van der Waals surface area contributed by atoms with Crippen molar-refractivity contribution >= 4 is 11.8 Å². The molecule has 5 aliphatic carbocycles. The number of rotatable bonds is 9. The van der Waals surface area contributed by atoms with Gasteiger partial charge in [0.15, 0.2) is 6.61 Å². The van der Waals surface area contributed by atoms with Gasteiger partial charge in [0, 0.05) is 12.1 Å². The maximum Gasteiger partial charge on any atom is 0.258 e. The summed E-state index contributed by atoms with van der Waals surface area (Å²) >= 11 is 0. The topological polar surface area (TPSA) is 76.7 Å². The van der Waals surface area contributed by atoms with E-state index in [9.17, 15) is 9.59 Å². The minimum Gasteiger partial charge on any atom is -0.484 e. The standard InChI is InChI=1S/C34H48N2O4/c37-31(25-40-30-21-17-13-9-5-2-6-10-14-18-22-30)36-34-26-33(27-34,28-34)32(38)35-23-24-39-29-19-15-11-7-3-1-4-8-12-16-20-29/h2,5-6,9-10,13-14,17-18,21-22,29H,1,3-4,7-8,11-12,15-16,19-20,23-28H2,(H,35,38)(H,36,37)/b5-2-,6-2?,9-5?,10-6-,13-9-,14-10?,17-13?,18-14-,21-17-,22-18?,30-21?,30-22+. The van der Waals surface area contributed by atoms with E-state index in [0.29, 0.717) is 44.3 Å². The highest BCUT2D eigenvalue weighted by molar-refractivity contribution is 5.88. The fraction of sp³-hybridized carbons (Fsp3) is 0.588. The Morgan fingerprint density at radius 3 is 1.93 bits per heavy atom. The monoisotopic (exact) mass is 548 g/mol. The third-order valence-corrected chi connectivity index (χ3v) is 8.49. The number of hydrogen-bond donors (Lipinski definition) is 2. The molecule has 0 radical (unpaired) electrons. The van der Waals surface area contributed by atoms with Crippen molar-refractivity contribution in [2.45, 2.75) is 102 Å². The number of nitrogens with one attached hydrogen (secondary N) is 2. The van der Waals surface area contributed by atoms with E-state index in [1.54, 1.807) is 0 Å². The van der Waals surface area contributed by atoms with Crippen LogP contribution >= 0.6 is 0 Å². The lowest BCUT2D eigenvalue weighted by Crippen LogP contribution is -2.78. The Balaban J connectivity index is 1.11. The summed E-state index contributed by atoms with van der Waals surface area (Å²) in [6.07, 6.45) is 37.6. The highest BCUT2D eigenvalue weighted by Crippen LogP contribution is 2.67. The Hall–Kier alpha value is -2.86. The van der Waals surface area contributed by atoms with Gasteiger partial charge in [-0.2, -0.15) is 0 Å². The molecule has 4 saturated carbocycles. The second-order valence-electron chi connectivity index (χ2n) is 11.9. The summed E-state index contributed by atoms with van der Waals surface area (Å²) in [5.41, 5.74) is -0.572. The van der Waals surface area contributed by atoms with Crippen LogP contribution in [0.15, 0.2) is 72.6 Å². The van der Waals surface area contributed by atoms with E-state index in [4.69, 9.17) is 9.47 Å². The third-order valence-electron chi connectivity index (χ3n) is 8.49. The van der Waals surface area contributed by atoms with E-state index >= 15 is 0 Å². The SMILES string of the molecule is O=C(COC1=C/C=C\C=C/C=C\C=C/C=C\1)NC12CC(C(=O)NCCOC3CCCCCCCCCCC3)(C1)C2. The summed E-state index contributed by atoms with van der Waals surface area (Å²) in [5.74, 6) is 0.567. The van der Waals surface area contributed by atoms with Gasteiger partial charge in [0.05, 0.1) is 18.1 Å². The number of carbonyl (C=O) groups is 2. The Bertz CT molecular complexity index is 987. The second-order valence-corrected chi connectivity index (χ2v) is 11.9. The van der Waals surface area contributed by atoms with Gasteiger partial charge in [-0.25, -0.2) is 0 Å². The van der Waals surface area contributed by atoms with Crippen LogP contribution in [0.3, 0.4) is 0 Å².